The van der Waals surface area contributed by atoms with Crippen LogP contribution in [0.25, 0.3) is 33.5 Å². The number of amides is 2. The zero-order chi connectivity index (χ0) is 55.6. The number of nitrogens with one attached hydrogen (secondary N) is 3. The van der Waals surface area contributed by atoms with Crippen LogP contribution in [0.2, 0.25) is 0 Å². The average molecular weight is 1090 g/mol. The second kappa shape index (κ2) is 22.2. The Morgan fingerprint density at radius 2 is 1.36 bits per heavy atom. The van der Waals surface area contributed by atoms with Gasteiger partial charge in [-0.25, -0.2) is 36.1 Å². The number of tetrazole rings is 1. The number of imidazole rings is 1. The van der Waals surface area contributed by atoms with E-state index in [4.69, 9.17) is 29.0 Å². The second-order valence-corrected chi connectivity index (χ2v) is 24.3. The molecule has 0 spiro atoms. The summed E-state index contributed by atoms with van der Waals surface area (Å²) in [7, 11) is -5.42. The average Bonchev–Trinajstić information content (AvgIpc) is 4.18. The van der Waals surface area contributed by atoms with Crippen LogP contribution in [0.4, 0.5) is 9.59 Å². The van der Waals surface area contributed by atoms with E-state index in [0.29, 0.717) is 50.8 Å². The van der Waals surface area contributed by atoms with E-state index in [1.165, 1.54) is 40.4 Å². The van der Waals surface area contributed by atoms with Crippen LogP contribution in [-0.2, 0) is 44.4 Å². The molecule has 0 saturated carbocycles. The lowest BCUT2D eigenvalue weighted by Gasteiger charge is -2.37. The number of carbonyl (C=O) groups is 2. The molecule has 3 heterocycles. The fraction of sp³-hybridized carbons (Fsp3) is 0.370. The quantitative estimate of drug-likeness (QED) is 0.0629. The van der Waals surface area contributed by atoms with E-state index in [-0.39, 0.29) is 49.6 Å². The minimum absolute atomic E-state index is 0.0279. The topological polar surface area (TPSA) is 262 Å². The van der Waals surface area contributed by atoms with Crippen LogP contribution in [0, 0.1) is 5.41 Å². The third kappa shape index (κ3) is 12.5. The highest BCUT2D eigenvalue weighted by atomic mass is 32.2. The molecule has 7 aromatic rings. The Morgan fingerprint density at radius 1 is 0.792 bits per heavy atom. The maximum absolute atomic E-state index is 16.5. The van der Waals surface area contributed by atoms with E-state index in [0.717, 1.165) is 5.56 Å². The molecule has 5 aromatic carbocycles. The maximum atomic E-state index is 16.5. The zero-order valence-corrected chi connectivity index (χ0v) is 46.2. The summed E-state index contributed by atoms with van der Waals surface area (Å²) in [4.78, 5) is 34.9. The van der Waals surface area contributed by atoms with Crippen molar-refractivity contribution in [1.82, 2.24) is 49.4 Å². The third-order valence-electron chi connectivity index (χ3n) is 13.0. The minimum atomic E-state index is -5.07. The number of aromatic nitrogens is 6. The number of nitrogens with zero attached hydrogens (tertiary/aromatic N) is 7. The van der Waals surface area contributed by atoms with Crippen LogP contribution < -0.4 is 24.2 Å². The van der Waals surface area contributed by atoms with Crippen molar-refractivity contribution in [2.45, 2.75) is 108 Å². The lowest BCUT2D eigenvalue weighted by molar-refractivity contribution is 0.0505. The zero-order valence-electron chi connectivity index (χ0n) is 44.6. The van der Waals surface area contributed by atoms with Gasteiger partial charge in [0.05, 0.1) is 56.6 Å². The Bertz CT molecular complexity index is 3430. The Morgan fingerprint density at radius 3 is 1.90 bits per heavy atom. The first-order valence-electron chi connectivity index (χ1n) is 24.7. The van der Waals surface area contributed by atoms with Gasteiger partial charge in [-0.05, 0) is 116 Å². The Labute approximate surface area is 448 Å². The van der Waals surface area contributed by atoms with Gasteiger partial charge < -0.3 is 39.3 Å². The smallest absolute Gasteiger partial charge is 0.408 e. The molecule has 0 bridgehead atoms. The van der Waals surface area contributed by atoms with Gasteiger partial charge in [-0.1, -0.05) is 75.4 Å². The summed E-state index contributed by atoms with van der Waals surface area (Å²) in [5.41, 5.74) is 1.44. The summed E-state index contributed by atoms with van der Waals surface area (Å²) in [6.45, 7) is 12.0. The molecule has 8 rings (SSSR count). The number of carboxylic acid groups (broad SMARTS) is 1. The number of likely N-dealkylation sites (tertiary alicyclic amines) is 1. The van der Waals surface area contributed by atoms with Crippen LogP contribution >= 0.6 is 0 Å². The number of ether oxygens (including phenoxy) is 4. The molecule has 21 nitrogen and oxygen atoms in total. The van der Waals surface area contributed by atoms with Gasteiger partial charge in [0.2, 0.25) is 25.9 Å². The van der Waals surface area contributed by atoms with Crippen LogP contribution in [-0.4, -0.2) is 119 Å². The van der Waals surface area contributed by atoms with Gasteiger partial charge >= 0.3 is 12.2 Å². The van der Waals surface area contributed by atoms with Gasteiger partial charge in [0.1, 0.15) is 38.5 Å². The van der Waals surface area contributed by atoms with Gasteiger partial charge in [0.25, 0.3) is 0 Å². The van der Waals surface area contributed by atoms with Gasteiger partial charge in [-0.3, -0.25) is 0 Å². The monoisotopic (exact) mass is 1090 g/mol. The normalized spacial score (nSPS) is 15.6. The minimum Gasteiger partial charge on any atom is -0.497 e. The lowest BCUT2D eigenvalue weighted by Crippen LogP contribution is -2.52. The fourth-order valence-electron chi connectivity index (χ4n) is 9.50. The molecule has 1 aliphatic rings. The largest absolute Gasteiger partial charge is 0.497 e. The molecule has 4 N–H and O–H groups in total. The number of H-pyrrole nitrogens is 1. The van der Waals surface area contributed by atoms with E-state index in [2.05, 4.69) is 25.3 Å². The fourth-order valence-corrected chi connectivity index (χ4v) is 13.2. The molecule has 0 aliphatic carbocycles. The number of sulfonamides is 2. The summed E-state index contributed by atoms with van der Waals surface area (Å²) < 4.78 is 89.7. The molecule has 408 valence electrons. The van der Waals surface area contributed by atoms with Crippen LogP contribution in [0.15, 0.2) is 113 Å². The number of carbonyl (C=O) groups excluding carboxylic acids is 1. The molecule has 1 aliphatic heterocycles. The molecule has 2 amide bonds. The highest BCUT2D eigenvalue weighted by molar-refractivity contribution is 7.92. The van der Waals surface area contributed by atoms with E-state index in [1.807, 2.05) is 32.9 Å². The van der Waals surface area contributed by atoms with Crippen molar-refractivity contribution >= 4 is 43.3 Å². The molecule has 0 radical (unpaired) electrons. The number of benzene rings is 5. The van der Waals surface area contributed by atoms with Crippen LogP contribution in [0.5, 0.6) is 17.2 Å². The summed E-state index contributed by atoms with van der Waals surface area (Å²) in [5, 5.41) is 26.8. The van der Waals surface area contributed by atoms with Gasteiger partial charge in [0.15, 0.2) is 0 Å². The maximum Gasteiger partial charge on any atom is 0.408 e. The molecular weight excluding hydrogens is 1030 g/mol. The van der Waals surface area contributed by atoms with E-state index in [1.54, 1.807) is 114 Å². The number of alkyl carbamates (subject to hydrolysis) is 1. The van der Waals surface area contributed by atoms with Crippen molar-refractivity contribution < 1.29 is 50.5 Å². The van der Waals surface area contributed by atoms with Gasteiger partial charge in [-0.2, -0.15) is 9.10 Å². The Balaban J connectivity index is 1.40. The summed E-state index contributed by atoms with van der Waals surface area (Å²) in [6, 6.07) is 26.2. The lowest BCUT2D eigenvalue weighted by atomic mass is 9.83. The molecule has 23 heteroatoms. The van der Waals surface area contributed by atoms with E-state index >= 15 is 16.8 Å². The summed E-state index contributed by atoms with van der Waals surface area (Å²) >= 11 is 0. The number of rotatable bonds is 18. The van der Waals surface area contributed by atoms with Crippen molar-refractivity contribution in [3.63, 3.8) is 0 Å². The predicted octanol–water partition coefficient (Wildman–Crippen LogP) is 8.38. The number of para-hydroxylation sites is 1. The Hall–Kier alpha value is -7.60. The number of methoxy groups -OCH3 is 3. The van der Waals surface area contributed by atoms with Gasteiger partial charge in [-0.15, -0.1) is 10.2 Å². The third-order valence-corrected chi connectivity index (χ3v) is 16.5. The van der Waals surface area contributed by atoms with Crippen molar-refractivity contribution in [2.24, 2.45) is 5.41 Å². The first kappa shape index (κ1) is 55.6. The number of hydrogen-bond acceptors (Lipinski definition) is 14. The molecule has 1 saturated heterocycles. The summed E-state index contributed by atoms with van der Waals surface area (Å²) in [6.07, 6.45) is -1.79. The van der Waals surface area contributed by atoms with Crippen molar-refractivity contribution in [3.8, 4) is 39.8 Å². The highest BCUT2D eigenvalue weighted by Crippen LogP contribution is 2.44. The number of hydrogen-bond donors (Lipinski definition) is 4. The first-order valence-corrected chi connectivity index (χ1v) is 27.7. The van der Waals surface area contributed by atoms with Crippen molar-refractivity contribution in [1.29, 1.82) is 0 Å². The summed E-state index contributed by atoms with van der Waals surface area (Å²) in [5.74, 6) is 1.78. The Kier molecular flexibility index (Phi) is 16.0. The molecular formula is C54H64N10O11S2. The molecule has 77 heavy (non-hydrogen) atoms. The second-order valence-electron chi connectivity index (χ2n) is 20.8. The highest BCUT2D eigenvalue weighted by Gasteiger charge is 2.47. The predicted molar refractivity (Wildman–Crippen MR) is 287 cm³/mol. The molecule has 1 fully saturated rings. The molecule has 2 unspecified atom stereocenters. The van der Waals surface area contributed by atoms with Crippen LogP contribution in [0.3, 0.4) is 0 Å². The van der Waals surface area contributed by atoms with Crippen molar-refractivity contribution in [2.75, 3.05) is 27.9 Å². The molecule has 2 aromatic heterocycles. The van der Waals surface area contributed by atoms with Gasteiger partial charge in [0, 0.05) is 31.2 Å². The number of aromatic amines is 1. The molecule has 3 atom stereocenters. The van der Waals surface area contributed by atoms with Crippen molar-refractivity contribution in [3.05, 3.63) is 126 Å². The standard InChI is InChI=1S/C54H64N10O11S2/c1-33(55-51(65)75-54(5,6)7)49-56-42-13-11-12-41(46(42)57-49)40-26-27-44(76(68,69)60-43-28-29-63(52(66)67)48(43)53(2,3)4)47(45(40)50-58-61-64(59-50)32-36-18-24-39(74-10)25-19-36)77(70,71)62(30-34-14-20-37(72-8)21-15-34)31-35-16-22-38(73-9)23-17-35/h11-27,33,43,48,60H,28-32H2,1-10H3,(H,55,65)(H,56,57)(H,66,67)/t33-,43?,48?/m0/s1. The SMILES string of the molecule is COc1ccc(CN(Cc2ccc(OC)cc2)S(=O)(=O)c2c(S(=O)(=O)NC3CCN(C(=O)O)C3C(C)(C)C)ccc(-c3cccc4[nH]c([C@H](C)NC(=O)OC(C)(C)C)nc34)c2-c2nnn(Cc3ccc(OC)cc3)n2)cc1. The van der Waals surface area contributed by atoms with E-state index < -0.39 is 71.2 Å². The number of fused-ring (bicyclic) bond motifs is 1. The first-order chi connectivity index (χ1) is 36.4. The van der Waals surface area contributed by atoms with E-state index in [9.17, 15) is 14.7 Å². The van der Waals surface area contributed by atoms with Crippen LogP contribution in [0.1, 0.15) is 83.4 Å².